The van der Waals surface area contributed by atoms with Crippen LogP contribution in [0.25, 0.3) is 0 Å². The molecular formula is C17H18N4O. The van der Waals surface area contributed by atoms with Gasteiger partial charge >= 0.3 is 0 Å². The van der Waals surface area contributed by atoms with Crippen molar-refractivity contribution in [2.75, 3.05) is 6.61 Å². The molecule has 0 saturated heterocycles. The summed E-state index contributed by atoms with van der Waals surface area (Å²) in [6.45, 7) is 2.96. The Balaban J connectivity index is 1.76. The average molecular weight is 294 g/mol. The van der Waals surface area contributed by atoms with Crippen LogP contribution in [-0.4, -0.2) is 27.1 Å². The Kier molecular flexibility index (Phi) is 4.50. The quantitative estimate of drug-likeness (QED) is 0.483. The molecule has 1 aromatic carbocycles. The summed E-state index contributed by atoms with van der Waals surface area (Å²) in [6.07, 6.45) is 5.66. The smallest absolute Gasteiger partial charge is 0.137 e. The van der Waals surface area contributed by atoms with E-state index in [1.807, 2.05) is 31.2 Å². The molecule has 3 rings (SSSR count). The number of nitrogens with zero attached hydrogens (tertiary/aromatic N) is 4. The van der Waals surface area contributed by atoms with Gasteiger partial charge < -0.3 is 4.84 Å². The van der Waals surface area contributed by atoms with Crippen LogP contribution in [0.1, 0.15) is 30.9 Å². The zero-order chi connectivity index (χ0) is 15.2. The Labute approximate surface area is 130 Å². The van der Waals surface area contributed by atoms with Crippen molar-refractivity contribution in [3.8, 4) is 11.8 Å². The second-order valence-corrected chi connectivity index (χ2v) is 5.17. The normalized spacial score (nSPS) is 14.3. The fourth-order valence-electron chi connectivity index (χ4n) is 1.94. The first kappa shape index (κ1) is 14.3. The molecule has 5 heteroatoms. The SMILES string of the molecule is CCO/N=C(\Cn1cncn1)c1ccc(C#CC2CC2)cc1. The van der Waals surface area contributed by atoms with E-state index in [1.54, 1.807) is 11.0 Å². The minimum absolute atomic E-state index is 0.521. The van der Waals surface area contributed by atoms with Gasteiger partial charge in [-0.15, -0.1) is 0 Å². The van der Waals surface area contributed by atoms with Crippen LogP contribution in [0.3, 0.4) is 0 Å². The van der Waals surface area contributed by atoms with Gasteiger partial charge in [0.15, 0.2) is 0 Å². The fourth-order valence-corrected chi connectivity index (χ4v) is 1.94. The van der Waals surface area contributed by atoms with Crippen LogP contribution in [0.15, 0.2) is 42.1 Å². The minimum Gasteiger partial charge on any atom is -0.396 e. The van der Waals surface area contributed by atoms with Gasteiger partial charge in [0.05, 0.1) is 6.54 Å². The zero-order valence-corrected chi connectivity index (χ0v) is 12.6. The Morgan fingerprint density at radius 2 is 2.18 bits per heavy atom. The Morgan fingerprint density at radius 1 is 1.36 bits per heavy atom. The third kappa shape index (κ3) is 3.95. The Bertz CT molecular complexity index is 689. The number of hydrogen-bond acceptors (Lipinski definition) is 4. The molecule has 1 heterocycles. The molecule has 22 heavy (non-hydrogen) atoms. The van der Waals surface area contributed by atoms with Gasteiger partial charge in [0.25, 0.3) is 0 Å². The molecule has 1 aromatic heterocycles. The van der Waals surface area contributed by atoms with Gasteiger partial charge in [-0.3, -0.25) is 0 Å². The van der Waals surface area contributed by atoms with Crippen LogP contribution >= 0.6 is 0 Å². The summed E-state index contributed by atoms with van der Waals surface area (Å²) >= 11 is 0. The summed E-state index contributed by atoms with van der Waals surface area (Å²) in [5.74, 6) is 7.09. The molecule has 0 bridgehead atoms. The van der Waals surface area contributed by atoms with Gasteiger partial charge in [-0.1, -0.05) is 29.1 Å². The summed E-state index contributed by atoms with van der Waals surface area (Å²) in [5.41, 5.74) is 2.85. The number of oxime groups is 1. The average Bonchev–Trinajstić information content (AvgIpc) is 3.25. The number of benzene rings is 1. The molecule has 0 amide bonds. The lowest BCUT2D eigenvalue weighted by Gasteiger charge is -2.06. The van der Waals surface area contributed by atoms with Gasteiger partial charge in [-0.2, -0.15) is 5.10 Å². The molecule has 2 aromatic rings. The van der Waals surface area contributed by atoms with Crippen LogP contribution in [0.5, 0.6) is 0 Å². The van der Waals surface area contributed by atoms with Crippen LogP contribution in [0.2, 0.25) is 0 Å². The lowest BCUT2D eigenvalue weighted by molar-refractivity contribution is 0.158. The topological polar surface area (TPSA) is 52.3 Å². The van der Waals surface area contributed by atoms with E-state index in [2.05, 4.69) is 27.1 Å². The van der Waals surface area contributed by atoms with Gasteiger partial charge in [0, 0.05) is 17.0 Å². The van der Waals surface area contributed by atoms with Crippen LogP contribution in [-0.2, 0) is 11.4 Å². The van der Waals surface area contributed by atoms with Crippen LogP contribution in [0.4, 0.5) is 0 Å². The molecular weight excluding hydrogens is 276 g/mol. The first-order valence-electron chi connectivity index (χ1n) is 7.48. The monoisotopic (exact) mass is 294 g/mol. The minimum atomic E-state index is 0.521. The van der Waals surface area contributed by atoms with Gasteiger partial charge in [0.2, 0.25) is 0 Å². The van der Waals surface area contributed by atoms with Gasteiger partial charge in [-0.25, -0.2) is 9.67 Å². The highest BCUT2D eigenvalue weighted by atomic mass is 16.6. The molecule has 1 fully saturated rings. The third-order valence-electron chi connectivity index (χ3n) is 3.30. The van der Waals surface area contributed by atoms with Crippen molar-refractivity contribution in [3.05, 3.63) is 48.0 Å². The first-order valence-corrected chi connectivity index (χ1v) is 7.48. The predicted octanol–water partition coefficient (Wildman–Crippen LogP) is 2.48. The van der Waals surface area contributed by atoms with E-state index < -0.39 is 0 Å². The highest BCUT2D eigenvalue weighted by Crippen LogP contribution is 2.27. The van der Waals surface area contributed by atoms with Crippen molar-refractivity contribution in [3.63, 3.8) is 0 Å². The van der Waals surface area contributed by atoms with E-state index in [4.69, 9.17) is 4.84 Å². The molecule has 1 aliphatic carbocycles. The summed E-state index contributed by atoms with van der Waals surface area (Å²) in [7, 11) is 0. The van der Waals surface area contributed by atoms with Crippen molar-refractivity contribution in [1.29, 1.82) is 0 Å². The molecule has 1 aliphatic rings. The van der Waals surface area contributed by atoms with Crippen molar-refractivity contribution in [1.82, 2.24) is 14.8 Å². The maximum atomic E-state index is 5.21. The zero-order valence-electron chi connectivity index (χ0n) is 12.6. The number of hydrogen-bond donors (Lipinski definition) is 0. The summed E-state index contributed by atoms with van der Waals surface area (Å²) < 4.78 is 1.72. The molecule has 0 aliphatic heterocycles. The second kappa shape index (κ2) is 6.90. The second-order valence-electron chi connectivity index (χ2n) is 5.17. The summed E-state index contributed by atoms with van der Waals surface area (Å²) in [5, 5.41) is 8.30. The summed E-state index contributed by atoms with van der Waals surface area (Å²) in [6, 6.07) is 8.08. The Hall–Kier alpha value is -2.61. The lowest BCUT2D eigenvalue weighted by atomic mass is 10.1. The maximum Gasteiger partial charge on any atom is 0.137 e. The van der Waals surface area contributed by atoms with Crippen molar-refractivity contribution >= 4 is 5.71 Å². The highest BCUT2D eigenvalue weighted by molar-refractivity contribution is 6.00. The van der Waals surface area contributed by atoms with Crippen LogP contribution in [0, 0.1) is 17.8 Å². The number of aromatic nitrogens is 3. The largest absolute Gasteiger partial charge is 0.396 e. The predicted molar refractivity (Wildman–Crippen MR) is 84.2 cm³/mol. The van der Waals surface area contributed by atoms with Crippen molar-refractivity contribution in [2.45, 2.75) is 26.3 Å². The van der Waals surface area contributed by atoms with E-state index in [0.29, 0.717) is 19.1 Å². The standard InChI is InChI=1S/C17H18N4O/c1-2-22-20-17(11-21-13-18-12-19-21)16-9-7-15(8-10-16)6-5-14-3-4-14/h7-10,12-14H,2-4,11H2,1H3/b20-17+. The van der Waals surface area contributed by atoms with Crippen molar-refractivity contribution < 1.29 is 4.84 Å². The number of rotatable bonds is 5. The summed E-state index contributed by atoms with van der Waals surface area (Å²) in [4.78, 5) is 9.16. The first-order chi connectivity index (χ1) is 10.8. The Morgan fingerprint density at radius 3 is 2.82 bits per heavy atom. The maximum absolute atomic E-state index is 5.21. The highest BCUT2D eigenvalue weighted by Gasteiger charge is 2.17. The van der Waals surface area contributed by atoms with E-state index >= 15 is 0 Å². The van der Waals surface area contributed by atoms with Gasteiger partial charge in [-0.05, 0) is 31.9 Å². The molecule has 0 atom stereocenters. The van der Waals surface area contributed by atoms with Crippen molar-refractivity contribution in [2.24, 2.45) is 11.1 Å². The fraction of sp³-hybridized carbons (Fsp3) is 0.353. The van der Waals surface area contributed by atoms with Crippen LogP contribution < -0.4 is 0 Å². The molecule has 0 unspecified atom stereocenters. The molecule has 0 radical (unpaired) electrons. The molecule has 1 saturated carbocycles. The van der Waals surface area contributed by atoms with E-state index in [0.717, 1.165) is 16.8 Å². The molecule has 112 valence electrons. The lowest BCUT2D eigenvalue weighted by Crippen LogP contribution is -2.13. The molecule has 0 spiro atoms. The third-order valence-corrected chi connectivity index (χ3v) is 3.30. The van der Waals surface area contributed by atoms with E-state index in [9.17, 15) is 0 Å². The van der Waals surface area contributed by atoms with E-state index in [1.165, 1.54) is 19.2 Å². The van der Waals surface area contributed by atoms with E-state index in [-0.39, 0.29) is 0 Å². The molecule has 0 N–H and O–H groups in total. The molecule has 5 nitrogen and oxygen atoms in total. The van der Waals surface area contributed by atoms with Gasteiger partial charge in [0.1, 0.15) is 25.0 Å².